The highest BCUT2D eigenvalue weighted by atomic mass is 14.9. The largest absolute Gasteiger partial charge is 0.309 e. The lowest BCUT2D eigenvalue weighted by Gasteiger charge is -2.21. The molecule has 8 heavy (non-hydrogen) atoms. The van der Waals surface area contributed by atoms with Crippen LogP contribution in [0.25, 0.3) is 0 Å². The van der Waals surface area contributed by atoms with Gasteiger partial charge in [0.25, 0.3) is 0 Å². The first-order valence-electron chi connectivity index (χ1n) is 3.22. The molecule has 0 unspecified atom stereocenters. The van der Waals surface area contributed by atoms with Gasteiger partial charge in [0, 0.05) is 13.1 Å². The van der Waals surface area contributed by atoms with E-state index >= 15 is 0 Å². The molecule has 1 heteroatoms. The summed E-state index contributed by atoms with van der Waals surface area (Å²) >= 11 is 0. The normalized spacial score (nSPS) is 18.0. The van der Waals surface area contributed by atoms with E-state index < -0.39 is 0 Å². The summed E-state index contributed by atoms with van der Waals surface area (Å²) in [5, 5.41) is 3.22. The Bertz CT molecular complexity index is 102. The zero-order valence-electron chi connectivity index (χ0n) is 5.62. The van der Waals surface area contributed by atoms with Crippen molar-refractivity contribution in [1.82, 2.24) is 5.32 Å². The summed E-state index contributed by atoms with van der Waals surface area (Å²) in [5.41, 5.74) is 3.19. The Kier molecular flexibility index (Phi) is 1.69. The van der Waals surface area contributed by atoms with Gasteiger partial charge in [0.2, 0.25) is 0 Å². The molecule has 0 aromatic heterocycles. The van der Waals surface area contributed by atoms with Crippen LogP contribution in [0.2, 0.25) is 0 Å². The molecule has 0 spiro atoms. The third-order valence-electron chi connectivity index (χ3n) is 1.81. The molecular weight excluding hydrogens is 98.1 g/mol. The Labute approximate surface area is 50.8 Å². The smallest absolute Gasteiger partial charge is 0.0182 e. The molecule has 0 aromatic carbocycles. The highest BCUT2D eigenvalue weighted by molar-refractivity contribution is 5.20. The third kappa shape index (κ3) is 0.920. The average Bonchev–Trinajstić information content (AvgIpc) is 1.62. The summed E-state index contributed by atoms with van der Waals surface area (Å²) in [6.07, 6.45) is 1.22. The van der Waals surface area contributed by atoms with Crippen molar-refractivity contribution in [3.8, 4) is 0 Å². The molecule has 0 atom stereocenters. The lowest BCUT2D eigenvalue weighted by molar-refractivity contribution is 0.652. The van der Waals surface area contributed by atoms with Crippen LogP contribution in [-0.2, 0) is 0 Å². The SMILES string of the molecule is CCC(C)=C1CNC1. The first kappa shape index (κ1) is 5.83. The Morgan fingerprint density at radius 3 is 2.38 bits per heavy atom. The van der Waals surface area contributed by atoms with Gasteiger partial charge in [0.1, 0.15) is 0 Å². The zero-order valence-corrected chi connectivity index (χ0v) is 5.62. The lowest BCUT2D eigenvalue weighted by atomic mass is 10.0. The first-order chi connectivity index (χ1) is 3.84. The lowest BCUT2D eigenvalue weighted by Crippen LogP contribution is -2.34. The van der Waals surface area contributed by atoms with Gasteiger partial charge in [-0.25, -0.2) is 0 Å². The number of hydrogen-bond acceptors (Lipinski definition) is 1. The molecule has 1 saturated heterocycles. The highest BCUT2D eigenvalue weighted by Gasteiger charge is 2.08. The minimum atomic E-state index is 1.14. The molecule has 1 rings (SSSR count). The minimum Gasteiger partial charge on any atom is -0.309 e. The maximum atomic E-state index is 3.22. The maximum absolute atomic E-state index is 3.22. The highest BCUT2D eigenvalue weighted by Crippen LogP contribution is 2.10. The van der Waals surface area contributed by atoms with Gasteiger partial charge in [-0.1, -0.05) is 12.5 Å². The van der Waals surface area contributed by atoms with Crippen LogP contribution in [0.3, 0.4) is 0 Å². The van der Waals surface area contributed by atoms with E-state index in [4.69, 9.17) is 0 Å². The Morgan fingerprint density at radius 1 is 1.62 bits per heavy atom. The van der Waals surface area contributed by atoms with Crippen LogP contribution in [0, 0.1) is 0 Å². The van der Waals surface area contributed by atoms with Gasteiger partial charge in [-0.3, -0.25) is 0 Å². The standard InChI is InChI=1S/C7H13N/c1-3-6(2)7-4-8-5-7/h8H,3-5H2,1-2H3. The fourth-order valence-corrected chi connectivity index (χ4v) is 0.802. The van der Waals surface area contributed by atoms with E-state index in [0.717, 1.165) is 13.1 Å². The molecule has 1 aliphatic heterocycles. The molecule has 0 aliphatic carbocycles. The van der Waals surface area contributed by atoms with Crippen molar-refractivity contribution in [1.29, 1.82) is 0 Å². The molecule has 0 bridgehead atoms. The maximum Gasteiger partial charge on any atom is 0.0182 e. The van der Waals surface area contributed by atoms with E-state index in [1.165, 1.54) is 6.42 Å². The van der Waals surface area contributed by atoms with E-state index in [1.807, 2.05) is 0 Å². The summed E-state index contributed by atoms with van der Waals surface area (Å²) in [5.74, 6) is 0. The molecule has 0 radical (unpaired) electrons. The van der Waals surface area contributed by atoms with Gasteiger partial charge < -0.3 is 5.32 Å². The van der Waals surface area contributed by atoms with Gasteiger partial charge >= 0.3 is 0 Å². The number of nitrogens with one attached hydrogen (secondary N) is 1. The Balaban J connectivity index is 2.47. The fourth-order valence-electron chi connectivity index (χ4n) is 0.802. The van der Waals surface area contributed by atoms with Crippen molar-refractivity contribution < 1.29 is 0 Å². The van der Waals surface area contributed by atoms with Crippen LogP contribution in [0.4, 0.5) is 0 Å². The molecule has 46 valence electrons. The summed E-state index contributed by atoms with van der Waals surface area (Å²) < 4.78 is 0. The summed E-state index contributed by atoms with van der Waals surface area (Å²) in [7, 11) is 0. The quantitative estimate of drug-likeness (QED) is 0.503. The molecule has 0 amide bonds. The summed E-state index contributed by atoms with van der Waals surface area (Å²) in [4.78, 5) is 0. The van der Waals surface area contributed by atoms with E-state index in [1.54, 1.807) is 11.1 Å². The van der Waals surface area contributed by atoms with Crippen molar-refractivity contribution in [2.75, 3.05) is 13.1 Å². The van der Waals surface area contributed by atoms with Gasteiger partial charge in [0.15, 0.2) is 0 Å². The van der Waals surface area contributed by atoms with Crippen LogP contribution in [-0.4, -0.2) is 13.1 Å². The number of hydrogen-bond donors (Lipinski definition) is 1. The molecule has 0 aromatic rings. The fraction of sp³-hybridized carbons (Fsp3) is 0.714. The molecule has 1 nitrogen and oxygen atoms in total. The van der Waals surface area contributed by atoms with E-state index in [2.05, 4.69) is 19.2 Å². The zero-order chi connectivity index (χ0) is 5.98. The van der Waals surface area contributed by atoms with Crippen molar-refractivity contribution in [3.05, 3.63) is 11.1 Å². The molecule has 1 aliphatic rings. The predicted octanol–water partition coefficient (Wildman–Crippen LogP) is 1.32. The molecule has 1 heterocycles. The average molecular weight is 111 g/mol. The molecule has 0 saturated carbocycles. The summed E-state index contributed by atoms with van der Waals surface area (Å²) in [6, 6.07) is 0. The Morgan fingerprint density at radius 2 is 2.25 bits per heavy atom. The molecule has 1 fully saturated rings. The predicted molar refractivity (Wildman–Crippen MR) is 35.9 cm³/mol. The number of rotatable bonds is 1. The van der Waals surface area contributed by atoms with E-state index in [0.29, 0.717) is 0 Å². The topological polar surface area (TPSA) is 12.0 Å². The van der Waals surface area contributed by atoms with Gasteiger partial charge in [0.05, 0.1) is 0 Å². The van der Waals surface area contributed by atoms with Crippen molar-refractivity contribution in [3.63, 3.8) is 0 Å². The van der Waals surface area contributed by atoms with Crippen molar-refractivity contribution in [2.45, 2.75) is 20.3 Å². The van der Waals surface area contributed by atoms with Crippen molar-refractivity contribution in [2.24, 2.45) is 0 Å². The second kappa shape index (κ2) is 2.31. The van der Waals surface area contributed by atoms with E-state index in [9.17, 15) is 0 Å². The van der Waals surface area contributed by atoms with Gasteiger partial charge in [-0.05, 0) is 18.9 Å². The second-order valence-corrected chi connectivity index (χ2v) is 2.34. The second-order valence-electron chi connectivity index (χ2n) is 2.34. The Hall–Kier alpha value is -0.300. The monoisotopic (exact) mass is 111 g/mol. The number of allylic oxidation sites excluding steroid dienone is 1. The van der Waals surface area contributed by atoms with Crippen LogP contribution < -0.4 is 5.32 Å². The first-order valence-corrected chi connectivity index (χ1v) is 3.22. The molecular formula is C7H13N. The van der Waals surface area contributed by atoms with Crippen molar-refractivity contribution >= 4 is 0 Å². The van der Waals surface area contributed by atoms with Crippen LogP contribution >= 0.6 is 0 Å². The van der Waals surface area contributed by atoms with Gasteiger partial charge in [-0.2, -0.15) is 0 Å². The van der Waals surface area contributed by atoms with Crippen LogP contribution in [0.1, 0.15) is 20.3 Å². The van der Waals surface area contributed by atoms with Crippen LogP contribution in [0.15, 0.2) is 11.1 Å². The third-order valence-corrected chi connectivity index (χ3v) is 1.81. The minimum absolute atomic E-state index is 1.14. The summed E-state index contributed by atoms with van der Waals surface area (Å²) in [6.45, 7) is 6.70. The van der Waals surface area contributed by atoms with E-state index in [-0.39, 0.29) is 0 Å². The molecule has 1 N–H and O–H groups in total. The van der Waals surface area contributed by atoms with Crippen LogP contribution in [0.5, 0.6) is 0 Å². The van der Waals surface area contributed by atoms with Gasteiger partial charge in [-0.15, -0.1) is 0 Å².